The molecule has 0 aliphatic carbocycles. The molecule has 22 heavy (non-hydrogen) atoms. The highest BCUT2D eigenvalue weighted by atomic mass is 32.2. The Morgan fingerprint density at radius 1 is 1.32 bits per heavy atom. The van der Waals surface area contributed by atoms with Crippen LogP contribution in [-0.2, 0) is 10.0 Å². The van der Waals surface area contributed by atoms with Crippen LogP contribution in [0, 0.1) is 5.92 Å². The quantitative estimate of drug-likeness (QED) is 0.890. The number of benzene rings is 1. The number of sulfonamides is 1. The lowest BCUT2D eigenvalue weighted by molar-refractivity contribution is -0.274. The highest BCUT2D eigenvalue weighted by molar-refractivity contribution is 7.89. The highest BCUT2D eigenvalue weighted by Gasteiger charge is 2.33. The van der Waals surface area contributed by atoms with E-state index in [1.165, 1.54) is 4.31 Å². The smallest absolute Gasteiger partial charge is 0.406 e. The second-order valence-electron chi connectivity index (χ2n) is 5.09. The monoisotopic (exact) mass is 338 g/mol. The summed E-state index contributed by atoms with van der Waals surface area (Å²) in [4.78, 5) is -0.0351. The molecule has 0 spiro atoms. The molecule has 1 fully saturated rings. The minimum absolute atomic E-state index is 0.0351. The summed E-state index contributed by atoms with van der Waals surface area (Å²) in [6.07, 6.45) is -4.04. The summed E-state index contributed by atoms with van der Waals surface area (Å²) in [5.74, 6) is -0.200. The lowest BCUT2D eigenvalue weighted by Gasteiger charge is -2.17. The van der Waals surface area contributed by atoms with Gasteiger partial charge in [0.2, 0.25) is 10.0 Å². The third-order valence-electron chi connectivity index (χ3n) is 3.44. The highest BCUT2D eigenvalue weighted by Crippen LogP contribution is 2.27. The first-order valence-corrected chi connectivity index (χ1v) is 8.17. The Labute approximate surface area is 127 Å². The summed E-state index contributed by atoms with van der Waals surface area (Å²) in [6.45, 7) is 1.55. The largest absolute Gasteiger partial charge is 0.573 e. The average Bonchev–Trinajstić information content (AvgIpc) is 2.87. The summed E-state index contributed by atoms with van der Waals surface area (Å²) in [6, 6.07) is 4.26. The number of halogens is 3. The van der Waals surface area contributed by atoms with Gasteiger partial charge in [0.25, 0.3) is 0 Å². The SMILES string of the molecule is CNC[C@H]1CCN(S(=O)(=O)c2ccc(OC(F)(F)F)cc2)C1. The zero-order valence-electron chi connectivity index (χ0n) is 11.9. The lowest BCUT2D eigenvalue weighted by atomic mass is 10.1. The van der Waals surface area contributed by atoms with E-state index in [4.69, 9.17) is 0 Å². The number of hydrogen-bond donors (Lipinski definition) is 1. The van der Waals surface area contributed by atoms with Crippen LogP contribution in [0.2, 0.25) is 0 Å². The van der Waals surface area contributed by atoms with Gasteiger partial charge in [0, 0.05) is 13.1 Å². The van der Waals surface area contributed by atoms with Gasteiger partial charge in [-0.1, -0.05) is 0 Å². The van der Waals surface area contributed by atoms with Crippen molar-refractivity contribution in [3.63, 3.8) is 0 Å². The standard InChI is InChI=1S/C13H17F3N2O3S/c1-17-8-10-6-7-18(9-10)22(19,20)12-4-2-11(3-5-12)21-13(14,15)16/h2-5,10,17H,6-9H2,1H3/t10-/m1/s1. The maximum absolute atomic E-state index is 12.4. The molecule has 1 heterocycles. The van der Waals surface area contributed by atoms with Gasteiger partial charge in [0.15, 0.2) is 0 Å². The molecule has 0 saturated carbocycles. The van der Waals surface area contributed by atoms with Crippen LogP contribution in [0.3, 0.4) is 0 Å². The molecule has 0 radical (unpaired) electrons. The summed E-state index contributed by atoms with van der Waals surface area (Å²) in [5.41, 5.74) is 0. The summed E-state index contributed by atoms with van der Waals surface area (Å²) in [5, 5.41) is 3.01. The predicted octanol–water partition coefficient (Wildman–Crippen LogP) is 1.82. The lowest BCUT2D eigenvalue weighted by Crippen LogP contribution is -2.30. The van der Waals surface area contributed by atoms with E-state index < -0.39 is 22.1 Å². The van der Waals surface area contributed by atoms with Crippen LogP contribution < -0.4 is 10.1 Å². The summed E-state index contributed by atoms with van der Waals surface area (Å²) >= 11 is 0. The van der Waals surface area contributed by atoms with Crippen LogP contribution in [0.25, 0.3) is 0 Å². The zero-order valence-corrected chi connectivity index (χ0v) is 12.7. The predicted molar refractivity (Wildman–Crippen MR) is 73.9 cm³/mol. The van der Waals surface area contributed by atoms with Crippen molar-refractivity contribution in [3.05, 3.63) is 24.3 Å². The van der Waals surface area contributed by atoms with Crippen molar-refractivity contribution in [2.45, 2.75) is 17.7 Å². The van der Waals surface area contributed by atoms with Crippen LogP contribution >= 0.6 is 0 Å². The minimum Gasteiger partial charge on any atom is -0.406 e. The van der Waals surface area contributed by atoms with Gasteiger partial charge in [-0.05, 0) is 50.2 Å². The first-order valence-electron chi connectivity index (χ1n) is 6.73. The van der Waals surface area contributed by atoms with E-state index >= 15 is 0 Å². The van der Waals surface area contributed by atoms with Gasteiger partial charge in [-0.15, -0.1) is 13.2 Å². The van der Waals surface area contributed by atoms with E-state index in [2.05, 4.69) is 10.1 Å². The van der Waals surface area contributed by atoms with Gasteiger partial charge in [0.1, 0.15) is 5.75 Å². The van der Waals surface area contributed by atoms with Crippen molar-refractivity contribution < 1.29 is 26.3 Å². The molecule has 2 rings (SSSR count). The zero-order chi connectivity index (χ0) is 16.4. The third kappa shape index (κ3) is 4.11. The Hall–Kier alpha value is -1.32. The fourth-order valence-corrected chi connectivity index (χ4v) is 3.96. The van der Waals surface area contributed by atoms with Crippen molar-refractivity contribution in [1.29, 1.82) is 0 Å². The van der Waals surface area contributed by atoms with Gasteiger partial charge >= 0.3 is 6.36 Å². The summed E-state index contributed by atoms with van der Waals surface area (Å²) < 4.78 is 66.2. The Bertz CT molecular complexity index is 602. The molecule has 1 atom stereocenters. The third-order valence-corrected chi connectivity index (χ3v) is 5.32. The molecule has 5 nitrogen and oxygen atoms in total. The number of ether oxygens (including phenoxy) is 1. The molecular formula is C13H17F3N2O3S. The van der Waals surface area contributed by atoms with Gasteiger partial charge < -0.3 is 10.1 Å². The molecule has 124 valence electrons. The fourth-order valence-electron chi connectivity index (χ4n) is 2.43. The van der Waals surface area contributed by atoms with Crippen molar-refractivity contribution in [1.82, 2.24) is 9.62 Å². The van der Waals surface area contributed by atoms with E-state index in [1.807, 2.05) is 0 Å². The molecule has 1 N–H and O–H groups in total. The van der Waals surface area contributed by atoms with Crippen molar-refractivity contribution in [2.75, 3.05) is 26.7 Å². The Kier molecular flexibility index (Phi) is 4.98. The first kappa shape index (κ1) is 17.0. The number of alkyl halides is 3. The number of nitrogens with one attached hydrogen (secondary N) is 1. The maximum atomic E-state index is 12.4. The van der Waals surface area contributed by atoms with Crippen LogP contribution in [0.5, 0.6) is 5.75 Å². The number of rotatable bonds is 5. The van der Waals surface area contributed by atoms with E-state index in [0.717, 1.165) is 37.2 Å². The number of nitrogens with zero attached hydrogens (tertiary/aromatic N) is 1. The van der Waals surface area contributed by atoms with Gasteiger partial charge in [-0.2, -0.15) is 4.31 Å². The molecule has 0 amide bonds. The van der Waals surface area contributed by atoms with Gasteiger partial charge in [0.05, 0.1) is 4.90 Å². The van der Waals surface area contributed by atoms with Crippen LogP contribution in [0.1, 0.15) is 6.42 Å². The molecule has 0 aromatic heterocycles. The minimum atomic E-state index is -4.80. The molecule has 1 aliphatic heterocycles. The second kappa shape index (κ2) is 6.43. The molecule has 0 unspecified atom stereocenters. The van der Waals surface area contributed by atoms with E-state index in [9.17, 15) is 21.6 Å². The second-order valence-corrected chi connectivity index (χ2v) is 7.03. The molecule has 9 heteroatoms. The van der Waals surface area contributed by atoms with E-state index in [0.29, 0.717) is 13.1 Å². The van der Waals surface area contributed by atoms with E-state index in [-0.39, 0.29) is 10.8 Å². The first-order chi connectivity index (χ1) is 10.2. The molecule has 1 saturated heterocycles. The van der Waals surface area contributed by atoms with Crippen LogP contribution in [-0.4, -0.2) is 45.8 Å². The molecule has 0 bridgehead atoms. The van der Waals surface area contributed by atoms with Crippen molar-refractivity contribution >= 4 is 10.0 Å². The Morgan fingerprint density at radius 2 is 1.95 bits per heavy atom. The fraction of sp³-hybridized carbons (Fsp3) is 0.538. The topological polar surface area (TPSA) is 58.6 Å². The van der Waals surface area contributed by atoms with E-state index in [1.54, 1.807) is 7.05 Å². The summed E-state index contributed by atoms with van der Waals surface area (Å²) in [7, 11) is -1.88. The van der Waals surface area contributed by atoms with Crippen LogP contribution in [0.15, 0.2) is 29.2 Å². The average molecular weight is 338 g/mol. The Balaban J connectivity index is 2.10. The maximum Gasteiger partial charge on any atom is 0.573 e. The molecule has 1 aromatic carbocycles. The number of hydrogen-bond acceptors (Lipinski definition) is 4. The van der Waals surface area contributed by atoms with Crippen molar-refractivity contribution in [3.8, 4) is 5.75 Å². The molecular weight excluding hydrogens is 321 g/mol. The van der Waals surface area contributed by atoms with Crippen LogP contribution in [0.4, 0.5) is 13.2 Å². The molecule has 1 aromatic rings. The van der Waals surface area contributed by atoms with Gasteiger partial charge in [-0.25, -0.2) is 8.42 Å². The molecule has 1 aliphatic rings. The van der Waals surface area contributed by atoms with Gasteiger partial charge in [-0.3, -0.25) is 0 Å². The Morgan fingerprint density at radius 3 is 2.50 bits per heavy atom. The normalized spacial score (nSPS) is 20.3. The van der Waals surface area contributed by atoms with Crippen molar-refractivity contribution in [2.24, 2.45) is 5.92 Å².